The Bertz CT molecular complexity index is 496. The second-order valence-corrected chi connectivity index (χ2v) is 4.20. The minimum atomic E-state index is 0.131. The Morgan fingerprint density at radius 2 is 2.18 bits per heavy atom. The smallest absolute Gasteiger partial charge is 0.181 e. The minimum absolute atomic E-state index is 0.131. The summed E-state index contributed by atoms with van der Waals surface area (Å²) in [6, 6.07) is 5.89. The van der Waals surface area contributed by atoms with Gasteiger partial charge in [-0.05, 0) is 55.2 Å². The van der Waals surface area contributed by atoms with Crippen LogP contribution in [0.3, 0.4) is 0 Å². The van der Waals surface area contributed by atoms with Crippen molar-refractivity contribution in [1.82, 2.24) is 0 Å². The zero-order chi connectivity index (χ0) is 12.3. The second-order valence-electron chi connectivity index (χ2n) is 4.20. The first-order chi connectivity index (χ1) is 8.20. The largest absolute Gasteiger partial charge is 0.497 e. The molecule has 0 N–H and O–H groups in total. The van der Waals surface area contributed by atoms with Gasteiger partial charge in [-0.15, -0.1) is 0 Å². The quantitative estimate of drug-likeness (QED) is 0.726. The van der Waals surface area contributed by atoms with Crippen LogP contribution in [0.4, 0.5) is 0 Å². The fourth-order valence-corrected chi connectivity index (χ4v) is 1.93. The van der Waals surface area contributed by atoms with E-state index in [1.54, 1.807) is 13.2 Å². The van der Waals surface area contributed by atoms with Crippen molar-refractivity contribution in [2.24, 2.45) is 0 Å². The molecule has 2 rings (SSSR count). The fraction of sp³-hybridized carbons (Fsp3) is 0.267. The molecule has 88 valence electrons. The Kier molecular flexibility index (Phi) is 3.43. The maximum atomic E-state index is 11.7. The van der Waals surface area contributed by atoms with Crippen molar-refractivity contribution in [2.75, 3.05) is 7.11 Å². The number of allylic oxidation sites excluding steroid dienone is 3. The molecule has 0 unspecified atom stereocenters. The summed E-state index contributed by atoms with van der Waals surface area (Å²) in [7, 11) is 1.66. The third kappa shape index (κ3) is 2.64. The van der Waals surface area contributed by atoms with Gasteiger partial charge in [-0.2, -0.15) is 0 Å². The van der Waals surface area contributed by atoms with Gasteiger partial charge in [0.05, 0.1) is 7.11 Å². The molecule has 1 aromatic carbocycles. The topological polar surface area (TPSA) is 26.3 Å². The van der Waals surface area contributed by atoms with Gasteiger partial charge in [0.15, 0.2) is 5.78 Å². The molecule has 1 aliphatic carbocycles. The lowest BCUT2D eigenvalue weighted by molar-refractivity contribution is -0.111. The highest BCUT2D eigenvalue weighted by Crippen LogP contribution is 2.22. The molecule has 0 saturated carbocycles. The van der Waals surface area contributed by atoms with Crippen molar-refractivity contribution in [3.8, 4) is 5.75 Å². The van der Waals surface area contributed by atoms with Gasteiger partial charge in [0.25, 0.3) is 0 Å². The predicted octanol–water partition coefficient (Wildman–Crippen LogP) is 3.31. The number of ether oxygens (including phenoxy) is 1. The van der Waals surface area contributed by atoms with Gasteiger partial charge in [-0.1, -0.05) is 12.1 Å². The third-order valence-electron chi connectivity index (χ3n) is 2.97. The van der Waals surface area contributed by atoms with Gasteiger partial charge in [0.2, 0.25) is 0 Å². The molecule has 0 heterocycles. The number of methoxy groups -OCH3 is 1. The maximum Gasteiger partial charge on any atom is 0.181 e. The van der Waals surface area contributed by atoms with Crippen LogP contribution in [0.1, 0.15) is 24.0 Å². The van der Waals surface area contributed by atoms with Crippen molar-refractivity contribution in [3.63, 3.8) is 0 Å². The Morgan fingerprint density at radius 1 is 1.35 bits per heavy atom. The predicted molar refractivity (Wildman–Crippen MR) is 69.1 cm³/mol. The maximum absolute atomic E-state index is 11.7. The molecule has 0 spiro atoms. The standard InChI is InChI=1S/C15H16O2/c1-11-9-14(17-2)8-7-12(11)10-13-5-3-4-6-15(13)16/h4,6-10H,3,5H2,1-2H3/b13-10+. The lowest BCUT2D eigenvalue weighted by atomic mass is 9.96. The molecule has 2 nitrogen and oxygen atoms in total. The Morgan fingerprint density at radius 3 is 2.82 bits per heavy atom. The van der Waals surface area contributed by atoms with E-state index in [2.05, 4.69) is 0 Å². The van der Waals surface area contributed by atoms with Crippen molar-refractivity contribution in [2.45, 2.75) is 19.8 Å². The molecule has 0 fully saturated rings. The number of benzene rings is 1. The zero-order valence-electron chi connectivity index (χ0n) is 10.2. The summed E-state index contributed by atoms with van der Waals surface area (Å²) in [5.74, 6) is 0.978. The molecule has 0 amide bonds. The molecule has 17 heavy (non-hydrogen) atoms. The summed E-state index contributed by atoms with van der Waals surface area (Å²) in [5, 5.41) is 0. The normalized spacial score (nSPS) is 17.5. The van der Waals surface area contributed by atoms with Crippen LogP contribution in [0.25, 0.3) is 6.08 Å². The summed E-state index contributed by atoms with van der Waals surface area (Å²) >= 11 is 0. The minimum Gasteiger partial charge on any atom is -0.497 e. The molecule has 0 saturated heterocycles. The van der Waals surface area contributed by atoms with Crippen LogP contribution in [0.15, 0.2) is 35.9 Å². The van der Waals surface area contributed by atoms with Gasteiger partial charge in [0, 0.05) is 5.57 Å². The Hall–Kier alpha value is -1.83. The lowest BCUT2D eigenvalue weighted by Crippen LogP contribution is -2.02. The molecule has 1 aliphatic rings. The molecule has 2 heteroatoms. The highest BCUT2D eigenvalue weighted by Gasteiger charge is 2.10. The number of carbonyl (C=O) groups is 1. The van der Waals surface area contributed by atoms with Gasteiger partial charge in [0.1, 0.15) is 5.75 Å². The van der Waals surface area contributed by atoms with Gasteiger partial charge >= 0.3 is 0 Å². The van der Waals surface area contributed by atoms with E-state index in [-0.39, 0.29) is 5.78 Å². The number of carbonyl (C=O) groups excluding carboxylic acids is 1. The van der Waals surface area contributed by atoms with Crippen LogP contribution in [0, 0.1) is 6.92 Å². The number of aryl methyl sites for hydroxylation is 1. The summed E-state index contributed by atoms with van der Waals surface area (Å²) in [4.78, 5) is 11.7. The molecule has 1 aromatic rings. The SMILES string of the molecule is COc1ccc(/C=C2\CCC=CC2=O)c(C)c1. The lowest BCUT2D eigenvalue weighted by Gasteiger charge is -2.09. The van der Waals surface area contributed by atoms with E-state index in [1.165, 1.54) is 0 Å². The van der Waals surface area contributed by atoms with E-state index >= 15 is 0 Å². The second kappa shape index (κ2) is 5.00. The molecule has 0 atom stereocenters. The Balaban J connectivity index is 2.32. The molecule has 0 bridgehead atoms. The fourth-order valence-electron chi connectivity index (χ4n) is 1.93. The average molecular weight is 228 g/mol. The van der Waals surface area contributed by atoms with Crippen LogP contribution in [0.5, 0.6) is 5.75 Å². The van der Waals surface area contributed by atoms with Gasteiger partial charge in [-0.25, -0.2) is 0 Å². The highest BCUT2D eigenvalue weighted by atomic mass is 16.5. The zero-order valence-corrected chi connectivity index (χ0v) is 10.2. The van der Waals surface area contributed by atoms with Crippen molar-refractivity contribution >= 4 is 11.9 Å². The van der Waals surface area contributed by atoms with E-state index in [9.17, 15) is 4.79 Å². The van der Waals surface area contributed by atoms with Crippen LogP contribution >= 0.6 is 0 Å². The first kappa shape index (κ1) is 11.6. The monoisotopic (exact) mass is 228 g/mol. The summed E-state index contributed by atoms with van der Waals surface area (Å²) in [5.41, 5.74) is 3.10. The molecular formula is C15H16O2. The Labute approximate surface area is 102 Å². The van der Waals surface area contributed by atoms with Crippen molar-refractivity contribution < 1.29 is 9.53 Å². The van der Waals surface area contributed by atoms with Gasteiger partial charge < -0.3 is 4.74 Å². The summed E-state index contributed by atoms with van der Waals surface area (Å²) in [6.45, 7) is 2.03. The van der Waals surface area contributed by atoms with Crippen LogP contribution < -0.4 is 4.74 Å². The summed E-state index contributed by atoms with van der Waals surface area (Å²) < 4.78 is 5.16. The third-order valence-corrected chi connectivity index (χ3v) is 2.97. The molecule has 0 radical (unpaired) electrons. The number of hydrogen-bond donors (Lipinski definition) is 0. The molecule has 0 aromatic heterocycles. The molecule has 0 aliphatic heterocycles. The number of rotatable bonds is 2. The molecular weight excluding hydrogens is 212 g/mol. The van der Waals surface area contributed by atoms with E-state index < -0.39 is 0 Å². The van der Waals surface area contributed by atoms with Crippen molar-refractivity contribution in [3.05, 3.63) is 47.1 Å². The van der Waals surface area contributed by atoms with E-state index in [1.807, 2.05) is 37.3 Å². The first-order valence-corrected chi connectivity index (χ1v) is 5.77. The van der Waals surface area contributed by atoms with E-state index in [4.69, 9.17) is 4.74 Å². The average Bonchev–Trinajstić information content (AvgIpc) is 2.34. The highest BCUT2D eigenvalue weighted by molar-refractivity contribution is 6.07. The number of hydrogen-bond acceptors (Lipinski definition) is 2. The van der Waals surface area contributed by atoms with E-state index in [0.29, 0.717) is 0 Å². The first-order valence-electron chi connectivity index (χ1n) is 5.77. The summed E-state index contributed by atoms with van der Waals surface area (Å²) in [6.07, 6.45) is 7.36. The van der Waals surface area contributed by atoms with Crippen molar-refractivity contribution in [1.29, 1.82) is 0 Å². The van der Waals surface area contributed by atoms with E-state index in [0.717, 1.165) is 35.3 Å². The van der Waals surface area contributed by atoms with Crippen LogP contribution in [-0.4, -0.2) is 12.9 Å². The van der Waals surface area contributed by atoms with Crippen LogP contribution in [-0.2, 0) is 4.79 Å². The number of ketones is 1. The van der Waals surface area contributed by atoms with Gasteiger partial charge in [-0.3, -0.25) is 4.79 Å². The van der Waals surface area contributed by atoms with Crippen LogP contribution in [0.2, 0.25) is 0 Å².